The van der Waals surface area contributed by atoms with Crippen molar-refractivity contribution in [3.05, 3.63) is 0 Å². The van der Waals surface area contributed by atoms with Crippen LogP contribution in [0, 0.1) is 22.7 Å². The lowest BCUT2D eigenvalue weighted by Gasteiger charge is -2.23. The molecule has 9 heteroatoms. The Labute approximate surface area is 121 Å². The second-order valence-corrected chi connectivity index (χ2v) is 7.61. The lowest BCUT2D eigenvalue weighted by molar-refractivity contribution is 1.04. The van der Waals surface area contributed by atoms with Crippen LogP contribution in [-0.4, -0.2) is 18.1 Å². The van der Waals surface area contributed by atoms with Crippen LogP contribution < -0.4 is 0 Å². The molecule has 0 rings (SSSR count). The van der Waals surface area contributed by atoms with E-state index in [1.807, 2.05) is 0 Å². The Morgan fingerprint density at radius 1 is 0.867 bits per heavy atom. The maximum atomic E-state index is 8.55. The number of hydrogen-bond acceptors (Lipinski definition) is 3. The SMILES string of the molecule is N#CC(Cl)(Cl)C(Cl)SC(Cl)C(Cl)(Cl)C#N. The normalized spacial score (nSPS) is 16.3. The average Bonchev–Trinajstić information content (AvgIpc) is 2.17. The van der Waals surface area contributed by atoms with Crippen molar-refractivity contribution < 1.29 is 0 Å². The van der Waals surface area contributed by atoms with Crippen molar-refractivity contribution in [1.82, 2.24) is 0 Å². The maximum absolute atomic E-state index is 8.55. The van der Waals surface area contributed by atoms with E-state index in [1.165, 1.54) is 0 Å². The van der Waals surface area contributed by atoms with Crippen molar-refractivity contribution in [3.8, 4) is 12.1 Å². The van der Waals surface area contributed by atoms with E-state index >= 15 is 0 Å². The molecule has 0 amide bonds. The second-order valence-electron chi connectivity index (χ2n) is 2.24. The molecule has 0 fully saturated rings. The summed E-state index contributed by atoms with van der Waals surface area (Å²) in [5.74, 6) is 0. The van der Waals surface area contributed by atoms with E-state index in [0.717, 1.165) is 11.8 Å². The first kappa shape index (κ1) is 16.1. The molecule has 0 radical (unpaired) electrons. The molecule has 0 aromatic carbocycles. The largest absolute Gasteiger partial charge is 0.228 e. The Morgan fingerprint density at radius 3 is 1.33 bits per heavy atom. The van der Waals surface area contributed by atoms with Crippen LogP contribution >= 0.6 is 81.4 Å². The molecule has 0 aliphatic heterocycles. The number of alkyl halides is 6. The lowest BCUT2D eigenvalue weighted by Crippen LogP contribution is -2.28. The predicted octanol–water partition coefficient (Wildman–Crippen LogP) is 4.24. The third kappa shape index (κ3) is 4.84. The van der Waals surface area contributed by atoms with Gasteiger partial charge in [-0.1, -0.05) is 46.4 Å². The van der Waals surface area contributed by atoms with Gasteiger partial charge < -0.3 is 0 Å². The third-order valence-electron chi connectivity index (χ3n) is 1.11. The zero-order chi connectivity index (χ0) is 12.3. The van der Waals surface area contributed by atoms with Crippen LogP contribution in [0.15, 0.2) is 0 Å². The zero-order valence-electron chi connectivity index (χ0n) is 6.73. The fourth-order valence-electron chi connectivity index (χ4n) is 0.377. The minimum Gasteiger partial charge on any atom is -0.195 e. The molecule has 0 saturated carbocycles. The van der Waals surface area contributed by atoms with Crippen LogP contribution in [-0.2, 0) is 0 Å². The van der Waals surface area contributed by atoms with Gasteiger partial charge in [-0.2, -0.15) is 10.5 Å². The number of hydrogen-bond donors (Lipinski definition) is 0. The predicted molar refractivity (Wildman–Crippen MR) is 67.0 cm³/mol. The minimum atomic E-state index is -1.83. The fourth-order valence-corrected chi connectivity index (χ4v) is 2.52. The molecule has 0 heterocycles. The van der Waals surface area contributed by atoms with Crippen LogP contribution in [0.1, 0.15) is 0 Å². The summed E-state index contributed by atoms with van der Waals surface area (Å²) >= 11 is 34.2. The molecule has 0 spiro atoms. The fraction of sp³-hybridized carbons (Fsp3) is 0.667. The first-order valence-electron chi connectivity index (χ1n) is 3.19. The van der Waals surface area contributed by atoms with E-state index in [2.05, 4.69) is 0 Å². The molecule has 2 nitrogen and oxygen atoms in total. The van der Waals surface area contributed by atoms with E-state index in [0.29, 0.717) is 0 Å². The average molecular weight is 347 g/mol. The highest BCUT2D eigenvalue weighted by molar-refractivity contribution is 8.03. The third-order valence-corrected chi connectivity index (χ3v) is 5.74. The first-order valence-corrected chi connectivity index (χ1v) is 6.52. The monoisotopic (exact) mass is 344 g/mol. The second kappa shape index (κ2) is 6.12. The lowest BCUT2D eigenvalue weighted by atomic mass is 10.5. The van der Waals surface area contributed by atoms with Crippen LogP contribution in [0.5, 0.6) is 0 Å². The highest BCUT2D eigenvalue weighted by Crippen LogP contribution is 2.44. The molecule has 84 valence electrons. The molecule has 2 unspecified atom stereocenters. The van der Waals surface area contributed by atoms with Crippen molar-refractivity contribution >= 4 is 81.4 Å². The van der Waals surface area contributed by atoms with Crippen molar-refractivity contribution in [3.63, 3.8) is 0 Å². The van der Waals surface area contributed by atoms with Crippen molar-refractivity contribution in [2.45, 2.75) is 18.1 Å². The summed E-state index contributed by atoms with van der Waals surface area (Å²) in [6.07, 6.45) is 0. The summed E-state index contributed by atoms with van der Waals surface area (Å²) in [7, 11) is 0. The molecular formula is C6H2Cl6N2S. The minimum absolute atomic E-state index is 0.721. The molecule has 0 bridgehead atoms. The Bertz CT molecular complexity index is 276. The van der Waals surface area contributed by atoms with E-state index in [-0.39, 0.29) is 0 Å². The Morgan fingerprint density at radius 2 is 1.13 bits per heavy atom. The molecule has 0 aliphatic rings. The van der Waals surface area contributed by atoms with Gasteiger partial charge in [-0.3, -0.25) is 0 Å². The number of rotatable bonds is 4. The van der Waals surface area contributed by atoms with E-state index in [1.54, 1.807) is 12.1 Å². The summed E-state index contributed by atoms with van der Waals surface area (Å²) in [6, 6.07) is 3.13. The summed E-state index contributed by atoms with van der Waals surface area (Å²) in [6.45, 7) is 0. The van der Waals surface area contributed by atoms with Gasteiger partial charge in [0, 0.05) is 0 Å². The summed E-state index contributed by atoms with van der Waals surface area (Å²) in [5, 5.41) is 17.1. The van der Waals surface area contributed by atoms with Gasteiger partial charge >= 0.3 is 0 Å². The van der Waals surface area contributed by atoms with Crippen LogP contribution in [0.2, 0.25) is 0 Å². The van der Waals surface area contributed by atoms with Crippen molar-refractivity contribution in [1.29, 1.82) is 10.5 Å². The smallest absolute Gasteiger partial charge is 0.195 e. The highest BCUT2D eigenvalue weighted by atomic mass is 35.5. The number of nitrogens with zero attached hydrogens (tertiary/aromatic N) is 2. The quantitative estimate of drug-likeness (QED) is 0.715. The molecule has 2 atom stereocenters. The number of nitriles is 2. The molecule has 0 N–H and O–H groups in total. The van der Waals surface area contributed by atoms with Gasteiger partial charge in [0.05, 0.1) is 0 Å². The standard InChI is InChI=1S/C6H2Cl6N2S/c7-3(5(9,10)1-13)15-4(8)6(11,12)2-14/h3-4H. The molecule has 15 heavy (non-hydrogen) atoms. The van der Waals surface area contributed by atoms with Crippen LogP contribution in [0.3, 0.4) is 0 Å². The van der Waals surface area contributed by atoms with E-state index in [4.69, 9.17) is 80.1 Å². The van der Waals surface area contributed by atoms with Crippen LogP contribution in [0.4, 0.5) is 0 Å². The van der Waals surface area contributed by atoms with Gasteiger partial charge in [0.15, 0.2) is 0 Å². The number of thioether (sulfide) groups is 1. The van der Waals surface area contributed by atoms with Crippen molar-refractivity contribution in [2.75, 3.05) is 0 Å². The van der Waals surface area contributed by atoms with Crippen molar-refractivity contribution in [2.24, 2.45) is 0 Å². The molecule has 0 aromatic rings. The highest BCUT2D eigenvalue weighted by Gasteiger charge is 2.42. The summed E-state index contributed by atoms with van der Waals surface area (Å²) < 4.78 is -5.81. The maximum Gasteiger partial charge on any atom is 0.228 e. The zero-order valence-corrected chi connectivity index (χ0v) is 12.1. The number of halogens is 6. The van der Waals surface area contributed by atoms with Gasteiger partial charge in [0.25, 0.3) is 0 Å². The van der Waals surface area contributed by atoms with Crippen LogP contribution in [0.25, 0.3) is 0 Å². The van der Waals surface area contributed by atoms with Gasteiger partial charge in [-0.05, 0) is 0 Å². The molecule has 0 aromatic heterocycles. The molecule has 0 aliphatic carbocycles. The summed E-state index contributed by atoms with van der Waals surface area (Å²) in [4.78, 5) is 0. The Hall–Kier alpha value is 1.07. The van der Waals surface area contributed by atoms with Gasteiger partial charge in [0.1, 0.15) is 21.6 Å². The Balaban J connectivity index is 4.53. The molecular weight excluding hydrogens is 345 g/mol. The van der Waals surface area contributed by atoms with E-state index in [9.17, 15) is 0 Å². The van der Waals surface area contributed by atoms with Gasteiger partial charge in [0.2, 0.25) is 8.67 Å². The Kier molecular flexibility index (Phi) is 6.56. The van der Waals surface area contributed by atoms with Gasteiger partial charge in [-0.25, -0.2) is 0 Å². The van der Waals surface area contributed by atoms with Gasteiger partial charge in [-0.15, -0.1) is 35.0 Å². The topological polar surface area (TPSA) is 47.6 Å². The molecule has 0 saturated heterocycles. The van der Waals surface area contributed by atoms with E-state index < -0.39 is 18.1 Å². The summed E-state index contributed by atoms with van der Waals surface area (Å²) in [5.41, 5.74) is 0. The first-order chi connectivity index (χ1) is 6.67.